The second-order valence-corrected chi connectivity index (χ2v) is 10.7. The predicted octanol–water partition coefficient (Wildman–Crippen LogP) is 2.00. The minimum atomic E-state index is -0.369. The summed E-state index contributed by atoms with van der Waals surface area (Å²) in [6.45, 7) is 4.48. The van der Waals surface area contributed by atoms with Crippen molar-refractivity contribution in [3.05, 3.63) is 12.7 Å². The Morgan fingerprint density at radius 1 is 0.676 bits per heavy atom. The second-order valence-electron chi connectivity index (χ2n) is 10.7. The van der Waals surface area contributed by atoms with E-state index in [2.05, 4.69) is 6.58 Å². The van der Waals surface area contributed by atoms with Gasteiger partial charge in [0.2, 0.25) is 0 Å². The molecular weight excluding hydrogens is 440 g/mol. The summed E-state index contributed by atoms with van der Waals surface area (Å²) < 4.78 is 18.8. The number of hydrogen-bond donors (Lipinski definition) is 0. The van der Waals surface area contributed by atoms with Gasteiger partial charge in [0, 0.05) is 6.08 Å². The molecule has 4 saturated carbocycles. The van der Waals surface area contributed by atoms with E-state index in [1.54, 1.807) is 0 Å². The smallest absolute Gasteiger partial charge is 0.330 e. The molecule has 34 heavy (non-hydrogen) atoms. The van der Waals surface area contributed by atoms with Crippen LogP contribution < -0.4 is 0 Å². The first-order valence-electron chi connectivity index (χ1n) is 12.8. The average molecular weight is 489 g/mol. The normalized spacial score (nSPS) is 41.0. The third-order valence-corrected chi connectivity index (χ3v) is 9.31. The van der Waals surface area contributed by atoms with E-state index >= 15 is 0 Å². The molecule has 200 valence electrons. The Labute approximate surface area is 204 Å². The SMILES string of the molecule is C=CC(=O)OC1COC2CCC3CCCCC3C2C2C(CCC3CCCCC32)OC1.O.O.O.O. The highest BCUT2D eigenvalue weighted by atomic mass is 16.6. The lowest BCUT2D eigenvalue weighted by Crippen LogP contribution is -2.53. The van der Waals surface area contributed by atoms with Gasteiger partial charge in [-0.1, -0.05) is 45.1 Å². The molecule has 0 aromatic heterocycles. The molecule has 1 heterocycles. The number of carbonyl (C=O) groups excluding carboxylic acids is 1. The van der Waals surface area contributed by atoms with E-state index in [1.807, 2.05) is 0 Å². The largest absolute Gasteiger partial charge is 0.454 e. The van der Waals surface area contributed by atoms with Crippen molar-refractivity contribution in [1.29, 1.82) is 0 Å². The highest BCUT2D eigenvalue weighted by Gasteiger charge is 2.53. The van der Waals surface area contributed by atoms with Gasteiger partial charge in [0.05, 0.1) is 25.4 Å². The fourth-order valence-electron chi connectivity index (χ4n) is 8.14. The Morgan fingerprint density at radius 3 is 1.56 bits per heavy atom. The van der Waals surface area contributed by atoms with E-state index in [0.29, 0.717) is 37.3 Å². The van der Waals surface area contributed by atoms with E-state index in [9.17, 15) is 4.79 Å². The fourth-order valence-corrected chi connectivity index (χ4v) is 8.14. The van der Waals surface area contributed by atoms with Crippen LogP contribution in [0.25, 0.3) is 0 Å². The van der Waals surface area contributed by atoms with E-state index in [4.69, 9.17) is 14.2 Å². The molecule has 0 amide bonds. The molecule has 0 aromatic rings. The lowest BCUT2D eigenvalue weighted by atomic mass is 9.53. The summed E-state index contributed by atoms with van der Waals surface area (Å²) in [7, 11) is 0. The standard InChI is InChI=1S/C26H40O4.4H2O/c1-2-24(27)30-19-15-28-22-13-11-17-7-3-5-9-20(17)25(22)26-21-10-6-4-8-18(21)12-14-23(26)29-16-19;;;;/h2,17-23,25-26H,1,3-16H2;4*1H2. The molecule has 5 aliphatic rings. The lowest BCUT2D eigenvalue weighted by molar-refractivity contribution is -0.153. The van der Waals surface area contributed by atoms with Gasteiger partial charge in [0.1, 0.15) is 6.10 Å². The van der Waals surface area contributed by atoms with Gasteiger partial charge in [0.25, 0.3) is 0 Å². The van der Waals surface area contributed by atoms with Crippen LogP contribution in [0.1, 0.15) is 77.0 Å². The Morgan fingerprint density at radius 2 is 1.12 bits per heavy atom. The summed E-state index contributed by atoms with van der Waals surface area (Å²) in [6.07, 6.45) is 17.7. The molecule has 0 spiro atoms. The quantitative estimate of drug-likeness (QED) is 0.427. The van der Waals surface area contributed by atoms with Gasteiger partial charge in [-0.25, -0.2) is 4.79 Å². The first-order valence-corrected chi connectivity index (χ1v) is 12.8. The van der Waals surface area contributed by atoms with Crippen molar-refractivity contribution in [2.45, 2.75) is 95.4 Å². The highest BCUT2D eigenvalue weighted by Crippen LogP contribution is 2.55. The van der Waals surface area contributed by atoms with Crippen molar-refractivity contribution in [3.8, 4) is 0 Å². The van der Waals surface area contributed by atoms with Crippen molar-refractivity contribution in [3.63, 3.8) is 0 Å². The number of rotatable bonds is 2. The van der Waals surface area contributed by atoms with Crippen LogP contribution in [0, 0.1) is 35.5 Å². The van der Waals surface area contributed by atoms with Crippen LogP contribution in [0.15, 0.2) is 12.7 Å². The number of esters is 1. The van der Waals surface area contributed by atoms with Crippen molar-refractivity contribution < 1.29 is 40.9 Å². The summed E-state index contributed by atoms with van der Waals surface area (Å²) in [5.41, 5.74) is 0. The van der Waals surface area contributed by atoms with Gasteiger partial charge in [-0.05, 0) is 74.0 Å². The van der Waals surface area contributed by atoms with Crippen molar-refractivity contribution >= 4 is 5.97 Å². The number of hydrogen-bond acceptors (Lipinski definition) is 4. The first kappa shape index (κ1) is 31.0. The molecular formula is C26H48O8. The zero-order valence-corrected chi connectivity index (χ0v) is 20.5. The molecule has 8 N–H and O–H groups in total. The minimum absolute atomic E-state index is 0. The molecule has 8 unspecified atom stereocenters. The maximum atomic E-state index is 11.9. The molecule has 8 atom stereocenters. The predicted molar refractivity (Wildman–Crippen MR) is 130 cm³/mol. The van der Waals surface area contributed by atoms with Gasteiger partial charge < -0.3 is 36.1 Å². The molecule has 1 aliphatic heterocycles. The summed E-state index contributed by atoms with van der Waals surface area (Å²) >= 11 is 0. The van der Waals surface area contributed by atoms with E-state index in [0.717, 1.165) is 23.7 Å². The van der Waals surface area contributed by atoms with Crippen LogP contribution in [0.2, 0.25) is 0 Å². The third kappa shape index (κ3) is 6.20. The van der Waals surface area contributed by atoms with Crippen molar-refractivity contribution in [2.24, 2.45) is 35.5 Å². The molecule has 5 fully saturated rings. The number of ether oxygens (including phenoxy) is 3. The average Bonchev–Trinajstić information content (AvgIpc) is 2.87. The Hall–Kier alpha value is -1.03. The summed E-state index contributed by atoms with van der Waals surface area (Å²) in [6, 6.07) is 0. The zero-order valence-electron chi connectivity index (χ0n) is 20.5. The van der Waals surface area contributed by atoms with Gasteiger partial charge in [-0.2, -0.15) is 0 Å². The van der Waals surface area contributed by atoms with Gasteiger partial charge in [-0.15, -0.1) is 0 Å². The maximum Gasteiger partial charge on any atom is 0.330 e. The van der Waals surface area contributed by atoms with Gasteiger partial charge >= 0.3 is 5.97 Å². The molecule has 0 aromatic carbocycles. The zero-order chi connectivity index (χ0) is 20.5. The van der Waals surface area contributed by atoms with Gasteiger partial charge in [-0.3, -0.25) is 0 Å². The second kappa shape index (κ2) is 13.9. The maximum absolute atomic E-state index is 11.9. The Balaban J connectivity index is 0.00000144. The summed E-state index contributed by atoms with van der Waals surface area (Å²) in [5, 5.41) is 0. The van der Waals surface area contributed by atoms with Crippen LogP contribution in [-0.4, -0.2) is 59.4 Å². The highest BCUT2D eigenvalue weighted by molar-refractivity contribution is 5.81. The summed E-state index contributed by atoms with van der Waals surface area (Å²) in [4.78, 5) is 11.9. The van der Waals surface area contributed by atoms with Crippen LogP contribution in [0.4, 0.5) is 0 Å². The van der Waals surface area contributed by atoms with Crippen LogP contribution in [0.3, 0.4) is 0 Å². The minimum Gasteiger partial charge on any atom is -0.454 e. The molecule has 5 rings (SSSR count). The monoisotopic (exact) mass is 488 g/mol. The number of carbonyl (C=O) groups is 1. The molecule has 4 aliphatic carbocycles. The van der Waals surface area contributed by atoms with E-state index in [1.165, 1.54) is 83.1 Å². The van der Waals surface area contributed by atoms with Crippen molar-refractivity contribution in [2.75, 3.05) is 13.2 Å². The topological polar surface area (TPSA) is 171 Å². The number of fused-ring (bicyclic) bond motifs is 7. The first-order chi connectivity index (χ1) is 14.7. The van der Waals surface area contributed by atoms with Crippen molar-refractivity contribution in [1.82, 2.24) is 0 Å². The Kier molecular flexibility index (Phi) is 12.7. The molecule has 8 nitrogen and oxygen atoms in total. The lowest BCUT2D eigenvalue weighted by Gasteiger charge is -2.55. The van der Waals surface area contributed by atoms with Crippen LogP contribution in [-0.2, 0) is 19.0 Å². The molecule has 0 radical (unpaired) electrons. The third-order valence-electron chi connectivity index (χ3n) is 9.31. The van der Waals surface area contributed by atoms with Gasteiger partial charge in [0.15, 0.2) is 0 Å². The molecule has 0 bridgehead atoms. The van der Waals surface area contributed by atoms with E-state index in [-0.39, 0.29) is 34.0 Å². The fraction of sp³-hybridized carbons (Fsp3) is 0.885. The molecule has 1 saturated heterocycles. The Bertz CT molecular complexity index is 586. The van der Waals surface area contributed by atoms with Crippen LogP contribution >= 0.6 is 0 Å². The molecule has 8 heteroatoms. The van der Waals surface area contributed by atoms with E-state index < -0.39 is 0 Å². The van der Waals surface area contributed by atoms with Crippen LogP contribution in [0.5, 0.6) is 0 Å². The summed E-state index contributed by atoms with van der Waals surface area (Å²) in [5.74, 6) is 4.30.